The molecule has 3 N–H and O–H groups in total. The highest BCUT2D eigenvalue weighted by molar-refractivity contribution is 9.10. The first-order valence-corrected chi connectivity index (χ1v) is 8.82. The van der Waals surface area contributed by atoms with Crippen LogP contribution in [0, 0.1) is 6.92 Å². The van der Waals surface area contributed by atoms with E-state index in [1.54, 1.807) is 30.3 Å². The summed E-state index contributed by atoms with van der Waals surface area (Å²) in [6.45, 7) is 3.66. The lowest BCUT2D eigenvalue weighted by molar-refractivity contribution is -0.119. The van der Waals surface area contributed by atoms with Crippen LogP contribution >= 0.6 is 15.9 Å². The Labute approximate surface area is 160 Å². The topological polar surface area (TPSA) is 87.3 Å². The molecule has 136 valence electrons. The van der Waals surface area contributed by atoms with Gasteiger partial charge in [-0.3, -0.25) is 14.4 Å². The smallest absolute Gasteiger partial charge is 0.251 e. The first-order valence-electron chi connectivity index (χ1n) is 8.02. The summed E-state index contributed by atoms with van der Waals surface area (Å²) in [4.78, 5) is 35.0. The zero-order chi connectivity index (χ0) is 19.1. The number of rotatable bonds is 6. The molecule has 0 aliphatic rings. The zero-order valence-corrected chi connectivity index (χ0v) is 16.1. The Bertz CT molecular complexity index is 819. The number of halogens is 1. The van der Waals surface area contributed by atoms with Crippen LogP contribution in [0.15, 0.2) is 46.9 Å². The molecule has 0 fully saturated rings. The van der Waals surface area contributed by atoms with Gasteiger partial charge in [-0.2, -0.15) is 0 Å². The predicted octanol–water partition coefficient (Wildman–Crippen LogP) is 2.76. The van der Waals surface area contributed by atoms with Crippen LogP contribution in [0.4, 0.5) is 5.69 Å². The van der Waals surface area contributed by atoms with Crippen LogP contribution in [0.1, 0.15) is 28.4 Å². The average molecular weight is 418 g/mol. The highest BCUT2D eigenvalue weighted by Crippen LogP contribution is 2.19. The highest BCUT2D eigenvalue weighted by Gasteiger charge is 2.09. The molecular formula is C19H20BrN3O3. The lowest BCUT2D eigenvalue weighted by atomic mass is 10.1. The van der Waals surface area contributed by atoms with E-state index in [1.165, 1.54) is 6.92 Å². The third kappa shape index (κ3) is 6.00. The number of carbonyl (C=O) groups is 3. The molecule has 0 unspecified atom stereocenters. The van der Waals surface area contributed by atoms with Crippen molar-refractivity contribution in [2.24, 2.45) is 0 Å². The van der Waals surface area contributed by atoms with Crippen molar-refractivity contribution in [2.75, 3.05) is 11.9 Å². The molecule has 0 aliphatic heterocycles. The van der Waals surface area contributed by atoms with E-state index in [0.717, 1.165) is 15.6 Å². The molecule has 0 saturated heterocycles. The summed E-state index contributed by atoms with van der Waals surface area (Å²) < 4.78 is 0.964. The molecule has 0 aromatic heterocycles. The summed E-state index contributed by atoms with van der Waals surface area (Å²) in [6.07, 6.45) is 0. The van der Waals surface area contributed by atoms with Gasteiger partial charge in [0.05, 0.1) is 6.54 Å². The van der Waals surface area contributed by atoms with Crippen molar-refractivity contribution >= 4 is 39.3 Å². The molecular weight excluding hydrogens is 398 g/mol. The van der Waals surface area contributed by atoms with Crippen LogP contribution in [-0.2, 0) is 16.1 Å². The number of hydrogen-bond acceptors (Lipinski definition) is 3. The van der Waals surface area contributed by atoms with Crippen LogP contribution in [0.3, 0.4) is 0 Å². The standard InChI is InChI=1S/C19H20BrN3O3/c1-12-9-16(7-8-17(12)20)23-18(25)11-22-19(26)15-5-3-14(4-6-15)10-21-13(2)24/h3-9H,10-11H2,1-2H3,(H,21,24)(H,22,26)(H,23,25). The summed E-state index contributed by atoms with van der Waals surface area (Å²) in [5, 5.41) is 8.01. The van der Waals surface area contributed by atoms with Crippen molar-refractivity contribution in [3.8, 4) is 0 Å². The third-order valence-electron chi connectivity index (χ3n) is 3.61. The molecule has 0 saturated carbocycles. The van der Waals surface area contributed by atoms with Gasteiger partial charge in [0, 0.05) is 29.2 Å². The van der Waals surface area contributed by atoms with E-state index in [-0.39, 0.29) is 24.3 Å². The van der Waals surface area contributed by atoms with Gasteiger partial charge in [-0.15, -0.1) is 0 Å². The molecule has 6 nitrogen and oxygen atoms in total. The van der Waals surface area contributed by atoms with Crippen molar-refractivity contribution in [1.82, 2.24) is 10.6 Å². The monoisotopic (exact) mass is 417 g/mol. The lowest BCUT2D eigenvalue weighted by Crippen LogP contribution is -2.32. The van der Waals surface area contributed by atoms with E-state index in [9.17, 15) is 14.4 Å². The maximum absolute atomic E-state index is 12.1. The molecule has 2 rings (SSSR count). The lowest BCUT2D eigenvalue weighted by Gasteiger charge is -2.09. The summed E-state index contributed by atoms with van der Waals surface area (Å²) in [7, 11) is 0. The molecule has 0 aliphatic carbocycles. The number of nitrogens with one attached hydrogen (secondary N) is 3. The van der Waals surface area contributed by atoms with E-state index in [4.69, 9.17) is 0 Å². The van der Waals surface area contributed by atoms with E-state index in [0.29, 0.717) is 17.8 Å². The largest absolute Gasteiger partial charge is 0.352 e. The van der Waals surface area contributed by atoms with Gasteiger partial charge in [0.15, 0.2) is 0 Å². The Morgan fingerprint density at radius 3 is 2.31 bits per heavy atom. The van der Waals surface area contributed by atoms with Gasteiger partial charge in [0.25, 0.3) is 5.91 Å². The van der Waals surface area contributed by atoms with Gasteiger partial charge in [-0.1, -0.05) is 28.1 Å². The van der Waals surface area contributed by atoms with Crippen LogP contribution in [0.2, 0.25) is 0 Å². The summed E-state index contributed by atoms with van der Waals surface area (Å²) >= 11 is 3.40. The molecule has 0 spiro atoms. The Hall–Kier alpha value is -2.67. The fraction of sp³-hybridized carbons (Fsp3) is 0.211. The van der Waals surface area contributed by atoms with Gasteiger partial charge >= 0.3 is 0 Å². The van der Waals surface area contributed by atoms with E-state index >= 15 is 0 Å². The quantitative estimate of drug-likeness (QED) is 0.674. The first kappa shape index (κ1) is 19.7. The zero-order valence-electron chi connectivity index (χ0n) is 14.6. The maximum atomic E-state index is 12.1. The van der Waals surface area contributed by atoms with E-state index in [2.05, 4.69) is 31.9 Å². The molecule has 7 heteroatoms. The van der Waals surface area contributed by atoms with Crippen molar-refractivity contribution < 1.29 is 14.4 Å². The minimum Gasteiger partial charge on any atom is -0.352 e. The summed E-state index contributed by atoms with van der Waals surface area (Å²) in [5.74, 6) is -0.751. The molecule has 0 radical (unpaired) electrons. The van der Waals surface area contributed by atoms with Crippen molar-refractivity contribution in [1.29, 1.82) is 0 Å². The Morgan fingerprint density at radius 1 is 1.00 bits per heavy atom. The second-order valence-electron chi connectivity index (χ2n) is 5.80. The van der Waals surface area contributed by atoms with Crippen molar-refractivity contribution in [3.63, 3.8) is 0 Å². The Morgan fingerprint density at radius 2 is 1.69 bits per heavy atom. The molecule has 2 aromatic carbocycles. The van der Waals surface area contributed by atoms with Crippen molar-refractivity contribution in [3.05, 3.63) is 63.6 Å². The fourth-order valence-corrected chi connectivity index (χ4v) is 2.44. The molecule has 0 heterocycles. The normalized spacial score (nSPS) is 10.1. The van der Waals surface area contributed by atoms with Gasteiger partial charge in [-0.25, -0.2) is 0 Å². The van der Waals surface area contributed by atoms with Gasteiger partial charge in [0.1, 0.15) is 0 Å². The van der Waals surface area contributed by atoms with Crippen LogP contribution in [0.5, 0.6) is 0 Å². The maximum Gasteiger partial charge on any atom is 0.251 e. The minimum atomic E-state index is -0.335. The summed E-state index contributed by atoms with van der Waals surface area (Å²) in [5.41, 5.74) is 3.02. The van der Waals surface area contributed by atoms with Crippen LogP contribution < -0.4 is 16.0 Å². The van der Waals surface area contributed by atoms with Gasteiger partial charge in [0.2, 0.25) is 11.8 Å². The number of hydrogen-bond donors (Lipinski definition) is 3. The van der Waals surface area contributed by atoms with E-state index < -0.39 is 0 Å². The third-order valence-corrected chi connectivity index (χ3v) is 4.50. The van der Waals surface area contributed by atoms with Gasteiger partial charge < -0.3 is 16.0 Å². The molecule has 0 atom stereocenters. The average Bonchev–Trinajstić information content (AvgIpc) is 2.61. The van der Waals surface area contributed by atoms with Gasteiger partial charge in [-0.05, 0) is 48.4 Å². The number of carbonyl (C=O) groups excluding carboxylic acids is 3. The van der Waals surface area contributed by atoms with Crippen LogP contribution in [-0.4, -0.2) is 24.3 Å². The SMILES string of the molecule is CC(=O)NCc1ccc(C(=O)NCC(=O)Nc2ccc(Br)c(C)c2)cc1. The second kappa shape index (κ2) is 9.15. The Kier molecular flexibility index (Phi) is 6.91. The molecule has 0 bridgehead atoms. The predicted molar refractivity (Wildman–Crippen MR) is 104 cm³/mol. The number of amides is 3. The summed E-state index contributed by atoms with van der Waals surface area (Å²) in [6, 6.07) is 12.3. The molecule has 26 heavy (non-hydrogen) atoms. The molecule has 3 amide bonds. The van der Waals surface area contributed by atoms with Crippen molar-refractivity contribution in [2.45, 2.75) is 20.4 Å². The van der Waals surface area contributed by atoms with Crippen LogP contribution in [0.25, 0.3) is 0 Å². The number of benzene rings is 2. The first-order chi connectivity index (χ1) is 12.3. The highest BCUT2D eigenvalue weighted by atomic mass is 79.9. The Balaban J connectivity index is 1.84. The number of anilines is 1. The van der Waals surface area contributed by atoms with E-state index in [1.807, 2.05) is 19.1 Å². The number of aryl methyl sites for hydroxylation is 1. The fourth-order valence-electron chi connectivity index (χ4n) is 2.19. The molecule has 2 aromatic rings. The second-order valence-corrected chi connectivity index (χ2v) is 6.66. The minimum absolute atomic E-state index is 0.112.